The van der Waals surface area contributed by atoms with E-state index < -0.39 is 0 Å². The van der Waals surface area contributed by atoms with Crippen molar-refractivity contribution in [3.8, 4) is 5.75 Å². The molecule has 0 saturated heterocycles. The molecule has 1 aromatic carbocycles. The summed E-state index contributed by atoms with van der Waals surface area (Å²) in [5.41, 5.74) is 1.07. The first-order chi connectivity index (χ1) is 7.10. The quantitative estimate of drug-likeness (QED) is 0.487. The lowest BCUT2D eigenvalue weighted by Gasteiger charge is -2.10. The second-order valence-corrected chi connectivity index (χ2v) is 4.15. The average Bonchev–Trinajstić information content (AvgIpc) is 2.16. The molecule has 0 aromatic heterocycles. The van der Waals surface area contributed by atoms with Gasteiger partial charge in [-0.1, -0.05) is 0 Å². The summed E-state index contributed by atoms with van der Waals surface area (Å²) in [6.07, 6.45) is 0.745. The molecule has 0 atom stereocenters. The molecule has 0 heterocycles. The number of Topliss-reactive ketones (excluding diaryl/α,β-unsaturated/α-hetero) is 1. The Balaban J connectivity index is 3.34. The maximum Gasteiger partial charge on any atom is 0.164 e. The molecular weight excluding hydrogens is 307 g/mol. The Bertz CT molecular complexity index is 399. The third kappa shape index (κ3) is 2.77. The van der Waals surface area contributed by atoms with Gasteiger partial charge in [-0.2, -0.15) is 0 Å². The first-order valence-corrected chi connectivity index (χ1v) is 5.60. The number of benzene rings is 1. The number of hydrogen-bond acceptors (Lipinski definition) is 3. The molecule has 0 aliphatic heterocycles. The summed E-state index contributed by atoms with van der Waals surface area (Å²) in [7, 11) is 0. The molecule has 0 unspecified atom stereocenters. The Hall–Kier alpha value is -0.910. The van der Waals surface area contributed by atoms with Crippen LogP contribution in [-0.4, -0.2) is 18.7 Å². The summed E-state index contributed by atoms with van der Waals surface area (Å²) in [4.78, 5) is 22.0. The van der Waals surface area contributed by atoms with Crippen LogP contribution in [0.2, 0.25) is 0 Å². The normalized spacial score (nSPS) is 9.80. The lowest BCUT2D eigenvalue weighted by atomic mass is 10.1. The molecule has 0 N–H and O–H groups in total. The lowest BCUT2D eigenvalue weighted by molar-refractivity contribution is 0.101. The van der Waals surface area contributed by atoms with Crippen LogP contribution in [0.25, 0.3) is 0 Å². The molecule has 0 aliphatic carbocycles. The fraction of sp³-hybridized carbons (Fsp3) is 0.273. The van der Waals surface area contributed by atoms with Crippen molar-refractivity contribution < 1.29 is 14.3 Å². The minimum atomic E-state index is -0.0553. The van der Waals surface area contributed by atoms with Gasteiger partial charge in [-0.15, -0.1) is 0 Å². The van der Waals surface area contributed by atoms with Crippen LogP contribution in [0.1, 0.15) is 34.6 Å². The summed E-state index contributed by atoms with van der Waals surface area (Å²) in [6.45, 7) is 3.80. The molecule has 0 saturated carbocycles. The van der Waals surface area contributed by atoms with E-state index in [9.17, 15) is 9.59 Å². The first-order valence-electron chi connectivity index (χ1n) is 4.52. The van der Waals surface area contributed by atoms with Crippen LogP contribution in [-0.2, 0) is 0 Å². The summed E-state index contributed by atoms with van der Waals surface area (Å²) in [5.74, 6) is 0.430. The lowest BCUT2D eigenvalue weighted by Crippen LogP contribution is -2.04. The van der Waals surface area contributed by atoms with Gasteiger partial charge in [0.25, 0.3) is 0 Å². The zero-order valence-electron chi connectivity index (χ0n) is 8.54. The molecule has 0 bridgehead atoms. The molecule has 0 radical (unpaired) electrons. The van der Waals surface area contributed by atoms with E-state index in [1.54, 1.807) is 12.1 Å². The molecule has 0 fully saturated rings. The summed E-state index contributed by atoms with van der Waals surface area (Å²) in [6, 6.07) is 3.27. The van der Waals surface area contributed by atoms with Gasteiger partial charge >= 0.3 is 0 Å². The van der Waals surface area contributed by atoms with Crippen molar-refractivity contribution in [2.45, 2.75) is 13.8 Å². The predicted molar refractivity (Wildman–Crippen MR) is 65.7 cm³/mol. The molecule has 0 aliphatic rings. The van der Waals surface area contributed by atoms with Gasteiger partial charge in [0.1, 0.15) is 12.0 Å². The second kappa shape index (κ2) is 5.25. The first kappa shape index (κ1) is 12.2. The highest BCUT2D eigenvalue weighted by molar-refractivity contribution is 14.1. The van der Waals surface area contributed by atoms with Crippen LogP contribution in [0.15, 0.2) is 12.1 Å². The average molecular weight is 318 g/mol. The number of ether oxygens (including phenoxy) is 1. The van der Waals surface area contributed by atoms with Crippen molar-refractivity contribution in [2.24, 2.45) is 0 Å². The molecule has 80 valence electrons. The SMILES string of the molecule is CCOc1cc(C=O)cc(I)c1C(C)=O. The molecule has 1 rings (SSSR count). The maximum atomic E-state index is 11.4. The van der Waals surface area contributed by atoms with E-state index in [4.69, 9.17) is 4.74 Å². The van der Waals surface area contributed by atoms with Crippen molar-refractivity contribution in [2.75, 3.05) is 6.61 Å². The number of aldehydes is 1. The third-order valence-electron chi connectivity index (χ3n) is 1.86. The summed E-state index contributed by atoms with van der Waals surface area (Å²) >= 11 is 2.03. The number of halogens is 1. The molecule has 15 heavy (non-hydrogen) atoms. The largest absolute Gasteiger partial charge is 0.493 e. The van der Waals surface area contributed by atoms with Crippen molar-refractivity contribution in [1.82, 2.24) is 0 Å². The van der Waals surface area contributed by atoms with E-state index in [1.807, 2.05) is 29.5 Å². The Labute approximate surface area is 102 Å². The summed E-state index contributed by atoms with van der Waals surface area (Å²) in [5, 5.41) is 0. The van der Waals surface area contributed by atoms with Crippen LogP contribution in [0.5, 0.6) is 5.75 Å². The van der Waals surface area contributed by atoms with E-state index in [1.165, 1.54) is 6.92 Å². The van der Waals surface area contributed by atoms with E-state index >= 15 is 0 Å². The van der Waals surface area contributed by atoms with Crippen LogP contribution < -0.4 is 4.74 Å². The van der Waals surface area contributed by atoms with Crippen LogP contribution in [0.4, 0.5) is 0 Å². The van der Waals surface area contributed by atoms with Gasteiger partial charge < -0.3 is 4.74 Å². The summed E-state index contributed by atoms with van der Waals surface area (Å²) < 4.78 is 6.08. The Morgan fingerprint density at radius 1 is 1.53 bits per heavy atom. The zero-order chi connectivity index (χ0) is 11.4. The van der Waals surface area contributed by atoms with Gasteiger partial charge in [0.2, 0.25) is 0 Å². The van der Waals surface area contributed by atoms with Gasteiger partial charge in [0, 0.05) is 9.13 Å². The minimum Gasteiger partial charge on any atom is -0.493 e. The Morgan fingerprint density at radius 2 is 2.20 bits per heavy atom. The standard InChI is InChI=1S/C11H11IO3/c1-3-15-10-5-8(6-13)4-9(12)11(10)7(2)14/h4-6H,3H2,1-2H3. The van der Waals surface area contributed by atoms with E-state index in [2.05, 4.69) is 0 Å². The van der Waals surface area contributed by atoms with E-state index in [-0.39, 0.29) is 5.78 Å². The monoisotopic (exact) mass is 318 g/mol. The predicted octanol–water partition coefficient (Wildman–Crippen LogP) is 2.71. The van der Waals surface area contributed by atoms with Gasteiger partial charge in [-0.25, -0.2) is 0 Å². The molecule has 0 amide bonds. The molecule has 1 aromatic rings. The van der Waals surface area contributed by atoms with Gasteiger partial charge in [0.15, 0.2) is 5.78 Å². The van der Waals surface area contributed by atoms with E-state index in [0.29, 0.717) is 23.5 Å². The third-order valence-corrected chi connectivity index (χ3v) is 2.72. The van der Waals surface area contributed by atoms with Crippen LogP contribution in [0, 0.1) is 3.57 Å². The molecule has 4 heteroatoms. The Morgan fingerprint density at radius 3 is 2.67 bits per heavy atom. The van der Waals surface area contributed by atoms with Gasteiger partial charge in [0.05, 0.1) is 12.2 Å². The van der Waals surface area contributed by atoms with Crippen molar-refractivity contribution in [3.05, 3.63) is 26.8 Å². The highest BCUT2D eigenvalue weighted by atomic mass is 127. The van der Waals surface area contributed by atoms with Crippen molar-refractivity contribution >= 4 is 34.7 Å². The zero-order valence-corrected chi connectivity index (χ0v) is 10.7. The number of carbonyl (C=O) groups is 2. The molecule has 3 nitrogen and oxygen atoms in total. The topological polar surface area (TPSA) is 43.4 Å². The number of hydrogen-bond donors (Lipinski definition) is 0. The van der Waals surface area contributed by atoms with Crippen molar-refractivity contribution in [1.29, 1.82) is 0 Å². The number of carbonyl (C=O) groups excluding carboxylic acids is 2. The van der Waals surface area contributed by atoms with Crippen LogP contribution in [0.3, 0.4) is 0 Å². The maximum absolute atomic E-state index is 11.4. The van der Waals surface area contributed by atoms with Crippen molar-refractivity contribution in [3.63, 3.8) is 0 Å². The highest BCUT2D eigenvalue weighted by Crippen LogP contribution is 2.26. The number of ketones is 1. The second-order valence-electron chi connectivity index (χ2n) is 2.98. The van der Waals surface area contributed by atoms with Gasteiger partial charge in [-0.3, -0.25) is 9.59 Å². The minimum absolute atomic E-state index is 0.0553. The van der Waals surface area contributed by atoms with Gasteiger partial charge in [-0.05, 0) is 48.6 Å². The molecule has 0 spiro atoms. The smallest absolute Gasteiger partial charge is 0.164 e. The molecular formula is C11H11IO3. The van der Waals surface area contributed by atoms with E-state index in [0.717, 1.165) is 9.86 Å². The highest BCUT2D eigenvalue weighted by Gasteiger charge is 2.14. The van der Waals surface area contributed by atoms with Crippen LogP contribution >= 0.6 is 22.6 Å². The number of rotatable bonds is 4. The fourth-order valence-electron chi connectivity index (χ4n) is 1.28. The fourth-order valence-corrected chi connectivity index (χ4v) is 2.29. The Kier molecular flexibility index (Phi) is 4.26.